The number of aliphatic hydroxyl groups excluding tert-OH is 1. The Bertz CT molecular complexity index is 1370. The lowest BCUT2D eigenvalue weighted by Gasteiger charge is -2.29. The molecule has 0 saturated heterocycles. The van der Waals surface area contributed by atoms with E-state index in [-0.39, 0.29) is 30.0 Å². The molecule has 0 spiro atoms. The molecule has 0 radical (unpaired) electrons. The fraction of sp³-hybridized carbons (Fsp3) is 0.355. The number of dihydropyridines is 1. The van der Waals surface area contributed by atoms with E-state index in [0.717, 1.165) is 5.56 Å². The predicted molar refractivity (Wildman–Crippen MR) is 157 cm³/mol. The highest BCUT2D eigenvalue weighted by atomic mass is 16.6. The van der Waals surface area contributed by atoms with Crippen molar-refractivity contribution in [1.82, 2.24) is 10.6 Å². The fourth-order valence-corrected chi connectivity index (χ4v) is 4.78. The van der Waals surface area contributed by atoms with Crippen molar-refractivity contribution in [2.75, 3.05) is 26.3 Å². The number of hydrogen-bond donors (Lipinski definition) is 4. The number of para-hydroxylation sites is 1. The molecular formula is C31H37N3O8. The lowest BCUT2D eigenvalue weighted by Crippen LogP contribution is -2.32. The number of hydrogen-bond acceptors (Lipinski definition) is 9. The van der Waals surface area contributed by atoms with Crippen LogP contribution in [0.5, 0.6) is 5.75 Å². The van der Waals surface area contributed by atoms with Gasteiger partial charge in [-0.05, 0) is 56.8 Å². The van der Waals surface area contributed by atoms with Gasteiger partial charge < -0.3 is 30.3 Å². The maximum Gasteiger partial charge on any atom is 0.336 e. The molecule has 11 nitrogen and oxygen atoms in total. The van der Waals surface area contributed by atoms with Gasteiger partial charge in [-0.3, -0.25) is 10.1 Å². The molecule has 0 saturated carbocycles. The van der Waals surface area contributed by atoms with E-state index in [4.69, 9.17) is 9.47 Å². The first-order valence-electron chi connectivity index (χ1n) is 13.7. The molecule has 2 aromatic carbocycles. The number of aliphatic carboxylic acids is 1. The van der Waals surface area contributed by atoms with Gasteiger partial charge in [-0.25, -0.2) is 9.59 Å². The van der Waals surface area contributed by atoms with Gasteiger partial charge in [-0.1, -0.05) is 36.4 Å². The van der Waals surface area contributed by atoms with Crippen LogP contribution >= 0.6 is 0 Å². The smallest absolute Gasteiger partial charge is 0.336 e. The topological polar surface area (TPSA) is 160 Å². The molecule has 1 aliphatic rings. The van der Waals surface area contributed by atoms with E-state index in [9.17, 15) is 29.9 Å². The van der Waals surface area contributed by atoms with Crippen LogP contribution in [0.25, 0.3) is 0 Å². The first-order valence-corrected chi connectivity index (χ1v) is 13.7. The number of non-ortho nitro benzene ring substituents is 1. The predicted octanol–water partition coefficient (Wildman–Crippen LogP) is 4.00. The minimum absolute atomic E-state index is 0.0796. The number of nitro benzene ring substituents is 1. The van der Waals surface area contributed by atoms with Crippen molar-refractivity contribution in [1.29, 1.82) is 0 Å². The number of carbonyl (C=O) groups is 2. The van der Waals surface area contributed by atoms with E-state index in [1.54, 1.807) is 26.0 Å². The minimum atomic E-state index is -1.24. The summed E-state index contributed by atoms with van der Waals surface area (Å²) in [4.78, 5) is 36.1. The van der Waals surface area contributed by atoms with E-state index in [1.165, 1.54) is 18.2 Å². The Kier molecular flexibility index (Phi) is 11.8. The van der Waals surface area contributed by atoms with Gasteiger partial charge in [0.2, 0.25) is 0 Å². The van der Waals surface area contributed by atoms with Crippen LogP contribution in [-0.4, -0.2) is 59.5 Å². The SMILES string of the molecule is C=CCc1ccccc1OCC(O)CNCCCCOC(=O)C1=C(C)NC(C)=C(C(=O)O)C1c1cccc([N+](=O)[O-])c1. The van der Waals surface area contributed by atoms with Crippen molar-refractivity contribution in [3.05, 3.63) is 105 Å². The first kappa shape index (κ1) is 32.0. The number of nitro groups is 1. The summed E-state index contributed by atoms with van der Waals surface area (Å²) in [7, 11) is 0. The van der Waals surface area contributed by atoms with Gasteiger partial charge in [-0.15, -0.1) is 6.58 Å². The Labute approximate surface area is 244 Å². The summed E-state index contributed by atoms with van der Waals surface area (Å²) >= 11 is 0. The molecule has 0 aromatic heterocycles. The average Bonchev–Trinajstić information content (AvgIpc) is 2.95. The van der Waals surface area contributed by atoms with Crippen LogP contribution in [0.1, 0.15) is 43.7 Å². The number of benzene rings is 2. The number of carboxylic acid groups (broad SMARTS) is 1. The van der Waals surface area contributed by atoms with Crippen LogP contribution in [0, 0.1) is 10.1 Å². The number of unbranched alkanes of at least 4 members (excludes halogenated alkanes) is 1. The van der Waals surface area contributed by atoms with E-state index in [0.29, 0.717) is 55.1 Å². The highest BCUT2D eigenvalue weighted by molar-refractivity contribution is 5.99. The number of nitrogens with zero attached hydrogens (tertiary/aromatic N) is 1. The summed E-state index contributed by atoms with van der Waals surface area (Å²) in [6.07, 6.45) is 2.95. The average molecular weight is 580 g/mol. The van der Waals surface area contributed by atoms with Crippen molar-refractivity contribution >= 4 is 17.6 Å². The van der Waals surface area contributed by atoms with Crippen LogP contribution < -0.4 is 15.4 Å². The first-order chi connectivity index (χ1) is 20.1. The van der Waals surface area contributed by atoms with Crippen molar-refractivity contribution in [2.24, 2.45) is 0 Å². The molecule has 3 rings (SSSR count). The molecule has 0 fully saturated rings. The van der Waals surface area contributed by atoms with Crippen LogP contribution in [0.3, 0.4) is 0 Å². The number of carboxylic acids is 1. The zero-order valence-electron chi connectivity index (χ0n) is 23.8. The number of allylic oxidation sites excluding steroid dienone is 3. The maximum absolute atomic E-state index is 13.2. The number of carbonyl (C=O) groups excluding carboxylic acids is 1. The van der Waals surface area contributed by atoms with Gasteiger partial charge in [0.15, 0.2) is 0 Å². The highest BCUT2D eigenvalue weighted by Crippen LogP contribution is 2.39. The van der Waals surface area contributed by atoms with Gasteiger partial charge in [-0.2, -0.15) is 0 Å². The van der Waals surface area contributed by atoms with Gasteiger partial charge in [0.05, 0.1) is 28.6 Å². The van der Waals surface area contributed by atoms with Gasteiger partial charge in [0.1, 0.15) is 18.5 Å². The third-order valence-corrected chi connectivity index (χ3v) is 6.75. The Morgan fingerprint density at radius 3 is 2.60 bits per heavy atom. The molecule has 4 N–H and O–H groups in total. The second kappa shape index (κ2) is 15.5. The van der Waals surface area contributed by atoms with Crippen LogP contribution in [0.15, 0.2) is 83.7 Å². The summed E-state index contributed by atoms with van der Waals surface area (Å²) in [6.45, 7) is 8.10. The Morgan fingerprint density at radius 1 is 1.14 bits per heavy atom. The molecule has 2 atom stereocenters. The number of ether oxygens (including phenoxy) is 2. The number of esters is 1. The van der Waals surface area contributed by atoms with Crippen molar-refractivity contribution < 1.29 is 34.2 Å². The monoisotopic (exact) mass is 579 g/mol. The second-order valence-electron chi connectivity index (χ2n) is 9.91. The summed E-state index contributed by atoms with van der Waals surface area (Å²) in [5.41, 5.74) is 1.87. The summed E-state index contributed by atoms with van der Waals surface area (Å²) in [6, 6.07) is 13.2. The molecule has 11 heteroatoms. The van der Waals surface area contributed by atoms with Crippen molar-refractivity contribution in [2.45, 2.75) is 45.1 Å². The molecule has 2 unspecified atom stereocenters. The molecular weight excluding hydrogens is 542 g/mol. The van der Waals surface area contributed by atoms with E-state index in [2.05, 4.69) is 17.2 Å². The molecule has 1 aliphatic heterocycles. The standard InChI is InChI=1S/C31H37N3O8/c1-4-10-22-11-5-6-14-26(22)42-19-25(35)18-32-15-7-8-16-41-31(38)28-21(3)33-20(2)27(30(36)37)29(28)23-12-9-13-24(17-23)34(39)40/h4-6,9,11-14,17,25,29,32-33,35H,1,7-8,10,15-16,18-19H2,2-3H3,(H,36,37). The van der Waals surface area contributed by atoms with Crippen LogP contribution in [0.2, 0.25) is 0 Å². The number of nitrogens with one attached hydrogen (secondary N) is 2. The summed E-state index contributed by atoms with van der Waals surface area (Å²) < 4.78 is 11.3. The third-order valence-electron chi connectivity index (χ3n) is 6.75. The lowest BCUT2D eigenvalue weighted by atomic mass is 9.80. The van der Waals surface area contributed by atoms with E-state index < -0.39 is 28.9 Å². The zero-order chi connectivity index (χ0) is 30.6. The lowest BCUT2D eigenvalue weighted by molar-refractivity contribution is -0.384. The van der Waals surface area contributed by atoms with Gasteiger partial charge >= 0.3 is 11.9 Å². The normalized spacial score (nSPS) is 15.5. The molecule has 224 valence electrons. The Balaban J connectivity index is 1.50. The van der Waals surface area contributed by atoms with Gasteiger partial charge in [0, 0.05) is 30.1 Å². The largest absolute Gasteiger partial charge is 0.491 e. The molecule has 0 aliphatic carbocycles. The van der Waals surface area contributed by atoms with Crippen molar-refractivity contribution in [3.8, 4) is 5.75 Å². The summed E-state index contributed by atoms with van der Waals surface area (Å²) in [5, 5.41) is 37.6. The molecule has 0 bridgehead atoms. The minimum Gasteiger partial charge on any atom is -0.491 e. The van der Waals surface area contributed by atoms with Crippen LogP contribution in [-0.2, 0) is 20.7 Å². The van der Waals surface area contributed by atoms with E-state index >= 15 is 0 Å². The number of aliphatic hydroxyl groups is 1. The Hall–Kier alpha value is -4.48. The van der Waals surface area contributed by atoms with Gasteiger partial charge in [0.25, 0.3) is 5.69 Å². The molecule has 0 amide bonds. The Morgan fingerprint density at radius 2 is 1.88 bits per heavy atom. The number of rotatable bonds is 16. The fourth-order valence-electron chi connectivity index (χ4n) is 4.78. The molecule has 42 heavy (non-hydrogen) atoms. The van der Waals surface area contributed by atoms with Crippen LogP contribution in [0.4, 0.5) is 5.69 Å². The maximum atomic E-state index is 13.2. The molecule has 1 heterocycles. The quantitative estimate of drug-likeness (QED) is 0.0752. The molecule has 2 aromatic rings. The second-order valence-corrected chi connectivity index (χ2v) is 9.91. The summed E-state index contributed by atoms with van der Waals surface area (Å²) in [5.74, 6) is -2.26. The third kappa shape index (κ3) is 8.51. The van der Waals surface area contributed by atoms with Crippen molar-refractivity contribution in [3.63, 3.8) is 0 Å². The highest BCUT2D eigenvalue weighted by Gasteiger charge is 2.37. The zero-order valence-corrected chi connectivity index (χ0v) is 23.8. The van der Waals surface area contributed by atoms with E-state index in [1.807, 2.05) is 24.3 Å².